The van der Waals surface area contributed by atoms with E-state index in [4.69, 9.17) is 16.6 Å². The number of primary amides is 1. The van der Waals surface area contributed by atoms with Gasteiger partial charge in [0.25, 0.3) is 0 Å². The lowest BCUT2D eigenvalue weighted by Crippen LogP contribution is -2.48. The van der Waals surface area contributed by atoms with Crippen molar-refractivity contribution in [3.63, 3.8) is 0 Å². The molecule has 0 saturated heterocycles. The molecule has 1 aromatic carbocycles. The second-order valence-corrected chi connectivity index (χ2v) is 4.39. The van der Waals surface area contributed by atoms with Crippen LogP contribution in [0.2, 0.25) is 0 Å². The quantitative estimate of drug-likeness (QED) is 0.579. The van der Waals surface area contributed by atoms with E-state index in [0.717, 1.165) is 0 Å². The van der Waals surface area contributed by atoms with Gasteiger partial charge >= 0.3 is 12.0 Å². The molecule has 0 aromatic heterocycles. The first-order valence-electron chi connectivity index (χ1n) is 6.27. The minimum atomic E-state index is -1.09. The van der Waals surface area contributed by atoms with Crippen molar-refractivity contribution in [1.82, 2.24) is 5.32 Å². The summed E-state index contributed by atoms with van der Waals surface area (Å²) in [5.41, 5.74) is 11.6. The first-order valence-corrected chi connectivity index (χ1v) is 6.27. The van der Waals surface area contributed by atoms with Gasteiger partial charge in [0.2, 0.25) is 5.91 Å². The summed E-state index contributed by atoms with van der Waals surface area (Å²) < 4.78 is 0. The van der Waals surface area contributed by atoms with Crippen molar-refractivity contribution in [2.45, 2.75) is 19.9 Å². The number of benzene rings is 1. The van der Waals surface area contributed by atoms with E-state index in [9.17, 15) is 14.4 Å². The molecule has 0 spiro atoms. The van der Waals surface area contributed by atoms with Gasteiger partial charge in [0.15, 0.2) is 0 Å². The molecule has 0 aliphatic rings. The van der Waals surface area contributed by atoms with Crippen LogP contribution in [-0.4, -0.2) is 35.6 Å². The Hall–Kier alpha value is -2.77. The highest BCUT2D eigenvalue weighted by Crippen LogP contribution is 2.26. The second kappa shape index (κ2) is 6.60. The van der Waals surface area contributed by atoms with E-state index in [1.54, 1.807) is 18.7 Å². The molecule has 21 heavy (non-hydrogen) atoms. The molecule has 8 nitrogen and oxygen atoms in total. The molecule has 0 fully saturated rings. The zero-order valence-corrected chi connectivity index (χ0v) is 11.8. The number of anilines is 2. The largest absolute Gasteiger partial charge is 0.478 e. The minimum Gasteiger partial charge on any atom is -0.478 e. The zero-order valence-electron chi connectivity index (χ0n) is 11.8. The highest BCUT2D eigenvalue weighted by atomic mass is 16.4. The van der Waals surface area contributed by atoms with E-state index in [2.05, 4.69) is 0 Å². The minimum absolute atomic E-state index is 0.0570. The third-order valence-corrected chi connectivity index (χ3v) is 3.02. The fourth-order valence-electron chi connectivity index (χ4n) is 1.97. The number of nitrogens with zero attached hydrogens (tertiary/aromatic N) is 1. The number of rotatable bonds is 5. The van der Waals surface area contributed by atoms with Crippen LogP contribution in [-0.2, 0) is 4.79 Å². The summed E-state index contributed by atoms with van der Waals surface area (Å²) >= 11 is 0. The third-order valence-electron chi connectivity index (χ3n) is 3.02. The van der Waals surface area contributed by atoms with Crippen molar-refractivity contribution in [1.29, 1.82) is 0 Å². The highest BCUT2D eigenvalue weighted by molar-refractivity contribution is 5.98. The van der Waals surface area contributed by atoms with Gasteiger partial charge in [-0.1, -0.05) is 0 Å². The smallest absolute Gasteiger partial charge is 0.335 e. The summed E-state index contributed by atoms with van der Waals surface area (Å²) in [5, 5.41) is 10.9. The highest BCUT2D eigenvalue weighted by Gasteiger charge is 2.23. The van der Waals surface area contributed by atoms with Gasteiger partial charge in [-0.2, -0.15) is 0 Å². The van der Waals surface area contributed by atoms with Gasteiger partial charge in [-0.15, -0.1) is 0 Å². The molecule has 0 saturated carbocycles. The van der Waals surface area contributed by atoms with Crippen LogP contribution < -0.4 is 21.7 Å². The summed E-state index contributed by atoms with van der Waals surface area (Å²) in [6.07, 6.45) is 0. The standard InChI is InChI=1S/C13H18N4O4/c1-3-17(7(2)11(18)16-13(15)21)10-5-4-8(12(19)20)6-9(10)14/h4-7H,3,14H2,1-2H3,(H,19,20)(H3,15,16,18,21). The first-order chi connectivity index (χ1) is 9.77. The Morgan fingerprint density at radius 2 is 2.00 bits per heavy atom. The molecule has 0 radical (unpaired) electrons. The number of likely N-dealkylation sites (N-methyl/N-ethyl adjacent to an activating group) is 1. The van der Waals surface area contributed by atoms with Gasteiger partial charge in [-0.05, 0) is 32.0 Å². The number of imide groups is 1. The number of nitrogens with one attached hydrogen (secondary N) is 1. The van der Waals surface area contributed by atoms with Crippen molar-refractivity contribution >= 4 is 29.3 Å². The van der Waals surface area contributed by atoms with E-state index in [0.29, 0.717) is 12.2 Å². The Kier molecular flexibility index (Phi) is 5.12. The van der Waals surface area contributed by atoms with E-state index in [1.807, 2.05) is 5.32 Å². The Morgan fingerprint density at radius 3 is 2.43 bits per heavy atom. The number of carboxylic acids is 1. The lowest BCUT2D eigenvalue weighted by atomic mass is 10.1. The monoisotopic (exact) mass is 294 g/mol. The van der Waals surface area contributed by atoms with Crippen molar-refractivity contribution < 1.29 is 19.5 Å². The number of nitrogens with two attached hydrogens (primary N) is 2. The summed E-state index contributed by atoms with van der Waals surface area (Å²) in [4.78, 5) is 35.1. The number of carbonyl (C=O) groups is 3. The van der Waals surface area contributed by atoms with Gasteiger partial charge in [-0.3, -0.25) is 10.1 Å². The lowest BCUT2D eigenvalue weighted by molar-refractivity contribution is -0.120. The van der Waals surface area contributed by atoms with Gasteiger partial charge < -0.3 is 21.5 Å². The summed E-state index contributed by atoms with van der Waals surface area (Å²) in [5.74, 6) is -1.65. The molecule has 0 aliphatic carbocycles. The third kappa shape index (κ3) is 3.85. The van der Waals surface area contributed by atoms with Crippen molar-refractivity contribution in [2.24, 2.45) is 5.73 Å². The van der Waals surface area contributed by atoms with Gasteiger partial charge in [0.1, 0.15) is 6.04 Å². The lowest BCUT2D eigenvalue weighted by Gasteiger charge is -2.30. The molecule has 1 unspecified atom stereocenters. The van der Waals surface area contributed by atoms with Crippen LogP contribution in [0.15, 0.2) is 18.2 Å². The number of hydrogen-bond donors (Lipinski definition) is 4. The number of carboxylic acid groups (broad SMARTS) is 1. The molecule has 1 rings (SSSR count). The summed E-state index contributed by atoms with van der Waals surface area (Å²) in [7, 11) is 0. The topological polar surface area (TPSA) is 139 Å². The molecule has 0 aliphatic heterocycles. The number of nitrogen functional groups attached to an aromatic ring is 1. The molecule has 0 heterocycles. The Balaban J connectivity index is 3.07. The van der Waals surface area contributed by atoms with E-state index in [1.165, 1.54) is 18.2 Å². The first kappa shape index (κ1) is 16.3. The van der Waals surface area contributed by atoms with Crippen molar-refractivity contribution in [2.75, 3.05) is 17.2 Å². The molecule has 1 atom stereocenters. The molecule has 8 heteroatoms. The van der Waals surface area contributed by atoms with Crippen LogP contribution in [0.4, 0.5) is 16.2 Å². The molecule has 6 N–H and O–H groups in total. The van der Waals surface area contributed by atoms with Crippen LogP contribution in [0.5, 0.6) is 0 Å². The number of amides is 3. The van der Waals surface area contributed by atoms with Gasteiger partial charge in [-0.25, -0.2) is 9.59 Å². The number of urea groups is 1. The Bertz CT molecular complexity index is 573. The fourth-order valence-corrected chi connectivity index (χ4v) is 1.97. The number of hydrogen-bond acceptors (Lipinski definition) is 5. The molecule has 0 bridgehead atoms. The zero-order chi connectivity index (χ0) is 16.2. The fraction of sp³-hybridized carbons (Fsp3) is 0.308. The Morgan fingerprint density at radius 1 is 1.38 bits per heavy atom. The normalized spacial score (nSPS) is 11.5. The van der Waals surface area contributed by atoms with Crippen molar-refractivity contribution in [3.05, 3.63) is 23.8 Å². The van der Waals surface area contributed by atoms with Crippen LogP contribution in [0.25, 0.3) is 0 Å². The Labute approximate surface area is 121 Å². The maximum absolute atomic E-state index is 11.8. The predicted octanol–water partition coefficient (Wildman–Crippen LogP) is 0.377. The number of carbonyl (C=O) groups excluding carboxylic acids is 2. The SMILES string of the molecule is CCN(c1ccc(C(=O)O)cc1N)C(C)C(=O)NC(N)=O. The summed E-state index contributed by atoms with van der Waals surface area (Å²) in [6.45, 7) is 3.83. The summed E-state index contributed by atoms with van der Waals surface area (Å²) in [6, 6.07) is 2.61. The average Bonchev–Trinajstić information content (AvgIpc) is 2.40. The van der Waals surface area contributed by atoms with Crippen molar-refractivity contribution in [3.8, 4) is 0 Å². The van der Waals surface area contributed by atoms with E-state index in [-0.39, 0.29) is 11.3 Å². The second-order valence-electron chi connectivity index (χ2n) is 4.39. The van der Waals surface area contributed by atoms with E-state index < -0.39 is 23.9 Å². The van der Waals surface area contributed by atoms with Gasteiger partial charge in [0, 0.05) is 6.54 Å². The average molecular weight is 294 g/mol. The number of aromatic carboxylic acids is 1. The maximum Gasteiger partial charge on any atom is 0.335 e. The molecule has 3 amide bonds. The van der Waals surface area contributed by atoms with Crippen LogP contribution in [0.3, 0.4) is 0 Å². The maximum atomic E-state index is 11.8. The molecular formula is C13H18N4O4. The van der Waals surface area contributed by atoms with Crippen LogP contribution >= 0.6 is 0 Å². The molecule has 1 aromatic rings. The van der Waals surface area contributed by atoms with E-state index >= 15 is 0 Å². The molecule has 114 valence electrons. The molecular weight excluding hydrogens is 276 g/mol. The predicted molar refractivity (Wildman–Crippen MR) is 78.0 cm³/mol. The van der Waals surface area contributed by atoms with Gasteiger partial charge in [0.05, 0.1) is 16.9 Å². The van der Waals surface area contributed by atoms with Crippen LogP contribution in [0.1, 0.15) is 24.2 Å². The van der Waals surface area contributed by atoms with Crippen LogP contribution in [0, 0.1) is 0 Å².